The number of hydrogen-bond donors (Lipinski definition) is 4. The fraction of sp³-hybridized carbons (Fsp3) is 0.500. The number of rotatable bonds is 8. The van der Waals surface area contributed by atoms with E-state index in [0.717, 1.165) is 0 Å². The van der Waals surface area contributed by atoms with Crippen molar-refractivity contribution in [2.24, 2.45) is 0 Å². The lowest BCUT2D eigenvalue weighted by atomic mass is 10.2. The molecule has 0 aliphatic rings. The molecule has 0 unspecified atom stereocenters. The third-order valence-corrected chi connectivity index (χ3v) is 2.01. The molecule has 0 radical (unpaired) electrons. The van der Waals surface area contributed by atoms with Crippen molar-refractivity contribution in [2.45, 2.75) is 25.3 Å². The molecule has 10 nitrogen and oxygen atoms in total. The van der Waals surface area contributed by atoms with Crippen LogP contribution in [0.1, 0.15) is 19.3 Å². The second-order valence-electron chi connectivity index (χ2n) is 3.58. The van der Waals surface area contributed by atoms with Gasteiger partial charge < -0.3 is 25.4 Å². The highest BCUT2D eigenvalue weighted by Gasteiger charge is 2.21. The molecule has 0 saturated carbocycles. The molecule has 112 valence electrons. The van der Waals surface area contributed by atoms with Gasteiger partial charge in [0.1, 0.15) is 6.04 Å². The van der Waals surface area contributed by atoms with Crippen LogP contribution in [0.4, 0.5) is 0 Å². The Morgan fingerprint density at radius 2 is 1.60 bits per heavy atom. The Labute approximate surface area is 112 Å². The van der Waals surface area contributed by atoms with E-state index in [9.17, 15) is 24.0 Å². The van der Waals surface area contributed by atoms with Crippen molar-refractivity contribution in [3.05, 3.63) is 0 Å². The van der Waals surface area contributed by atoms with Crippen LogP contribution in [-0.4, -0.2) is 57.8 Å². The number of nitrogens with one attached hydrogen (secondary N) is 1. The van der Waals surface area contributed by atoms with Crippen LogP contribution in [-0.2, 0) is 28.7 Å². The highest BCUT2D eigenvalue weighted by molar-refractivity contribution is 6.28. The second-order valence-corrected chi connectivity index (χ2v) is 3.58. The monoisotopic (exact) mass is 291 g/mol. The zero-order chi connectivity index (χ0) is 15.7. The van der Waals surface area contributed by atoms with Gasteiger partial charge in [0.2, 0.25) is 5.91 Å². The summed E-state index contributed by atoms with van der Waals surface area (Å²) >= 11 is 0. The number of ether oxygens (including phenoxy) is 1. The van der Waals surface area contributed by atoms with Crippen LogP contribution >= 0.6 is 0 Å². The summed E-state index contributed by atoms with van der Waals surface area (Å²) in [6, 6.07) is -1.40. The van der Waals surface area contributed by atoms with Crippen molar-refractivity contribution in [1.29, 1.82) is 0 Å². The number of carboxylic acid groups (broad SMARTS) is 3. The highest BCUT2D eigenvalue weighted by atomic mass is 16.6. The Kier molecular flexibility index (Phi) is 7.33. The molecule has 0 heterocycles. The molecular weight excluding hydrogens is 278 g/mol. The predicted octanol–water partition coefficient (Wildman–Crippen LogP) is -1.56. The van der Waals surface area contributed by atoms with E-state index in [4.69, 9.17) is 15.3 Å². The first-order valence-corrected chi connectivity index (χ1v) is 5.38. The Bertz CT molecular complexity index is 417. The molecular formula is C10H13NO9. The molecule has 0 aromatic rings. The quantitative estimate of drug-likeness (QED) is 0.305. The van der Waals surface area contributed by atoms with Crippen molar-refractivity contribution in [3.63, 3.8) is 0 Å². The lowest BCUT2D eigenvalue weighted by Crippen LogP contribution is -2.41. The van der Waals surface area contributed by atoms with Crippen LogP contribution < -0.4 is 5.32 Å². The van der Waals surface area contributed by atoms with Crippen molar-refractivity contribution in [1.82, 2.24) is 5.32 Å². The van der Waals surface area contributed by atoms with E-state index in [1.807, 2.05) is 5.32 Å². The molecule has 0 saturated heterocycles. The second kappa shape index (κ2) is 8.45. The van der Waals surface area contributed by atoms with Gasteiger partial charge >= 0.3 is 23.9 Å². The molecule has 10 heteroatoms. The molecule has 1 amide bonds. The zero-order valence-electron chi connectivity index (χ0n) is 10.2. The summed E-state index contributed by atoms with van der Waals surface area (Å²) in [7, 11) is 0. The van der Waals surface area contributed by atoms with E-state index in [2.05, 4.69) is 4.74 Å². The van der Waals surface area contributed by atoms with Crippen molar-refractivity contribution in [2.75, 3.05) is 6.61 Å². The number of carboxylic acids is 3. The van der Waals surface area contributed by atoms with Crippen molar-refractivity contribution < 1.29 is 44.0 Å². The first-order valence-electron chi connectivity index (χ1n) is 5.38. The molecule has 0 bridgehead atoms. The summed E-state index contributed by atoms with van der Waals surface area (Å²) in [5.74, 6) is -6.76. The Morgan fingerprint density at radius 3 is 2.05 bits per heavy atom. The minimum atomic E-state index is -1.82. The number of hydrogen-bond acceptors (Lipinski definition) is 6. The van der Waals surface area contributed by atoms with Gasteiger partial charge in [0.25, 0.3) is 0 Å². The summed E-state index contributed by atoms with van der Waals surface area (Å²) in [5.41, 5.74) is 0. The van der Waals surface area contributed by atoms with Crippen molar-refractivity contribution in [3.8, 4) is 0 Å². The summed E-state index contributed by atoms with van der Waals surface area (Å²) < 4.78 is 4.22. The standard InChI is InChI=1S/C10H13NO9/c12-6(1-2-7(13)14)11-5(8(15)16)3-4-20-10(19)9(17)18/h5H,1-4H2,(H,11,12)(H,13,14)(H,15,16)(H,17,18)/t5-/m0/s1. The predicted molar refractivity (Wildman–Crippen MR) is 59.6 cm³/mol. The maximum absolute atomic E-state index is 11.2. The van der Waals surface area contributed by atoms with Crippen molar-refractivity contribution >= 4 is 29.8 Å². The molecule has 0 rings (SSSR count). The lowest BCUT2D eigenvalue weighted by Gasteiger charge is -2.13. The van der Waals surface area contributed by atoms with Crippen LogP contribution in [0.15, 0.2) is 0 Å². The SMILES string of the molecule is O=C(O)CCC(=O)N[C@@H](CCOC(=O)C(=O)O)C(=O)O. The summed E-state index contributed by atoms with van der Waals surface area (Å²) in [6.45, 7) is -0.513. The molecule has 4 N–H and O–H groups in total. The molecule has 0 spiro atoms. The van der Waals surface area contributed by atoms with Crippen LogP contribution in [0.3, 0.4) is 0 Å². The molecule has 0 fully saturated rings. The average molecular weight is 291 g/mol. The molecule has 1 atom stereocenters. The lowest BCUT2D eigenvalue weighted by molar-refractivity contribution is -0.164. The van der Waals surface area contributed by atoms with Gasteiger partial charge in [0, 0.05) is 12.8 Å². The third-order valence-electron chi connectivity index (χ3n) is 2.01. The van der Waals surface area contributed by atoms with E-state index in [1.165, 1.54) is 0 Å². The fourth-order valence-electron chi connectivity index (χ4n) is 1.08. The van der Waals surface area contributed by atoms with Gasteiger partial charge in [-0.25, -0.2) is 14.4 Å². The normalized spacial score (nSPS) is 11.2. The van der Waals surface area contributed by atoms with Gasteiger partial charge in [-0.3, -0.25) is 9.59 Å². The summed E-state index contributed by atoms with van der Waals surface area (Å²) in [4.78, 5) is 52.9. The molecule has 0 aliphatic heterocycles. The van der Waals surface area contributed by atoms with E-state index < -0.39 is 55.3 Å². The van der Waals surface area contributed by atoms with Crippen LogP contribution in [0.5, 0.6) is 0 Å². The Hall–Kier alpha value is -2.65. The zero-order valence-corrected chi connectivity index (χ0v) is 10.2. The van der Waals surface area contributed by atoms with Gasteiger partial charge in [-0.15, -0.1) is 0 Å². The minimum Gasteiger partial charge on any atom is -0.481 e. The maximum Gasteiger partial charge on any atom is 0.417 e. The minimum absolute atomic E-state index is 0.340. The van der Waals surface area contributed by atoms with Crippen LogP contribution in [0.25, 0.3) is 0 Å². The molecule has 0 aliphatic carbocycles. The van der Waals surface area contributed by atoms with E-state index >= 15 is 0 Å². The number of amides is 1. The third kappa shape index (κ3) is 7.63. The highest BCUT2D eigenvalue weighted by Crippen LogP contribution is 1.97. The van der Waals surface area contributed by atoms with Crippen LogP contribution in [0.2, 0.25) is 0 Å². The first kappa shape index (κ1) is 17.4. The average Bonchev–Trinajstić information content (AvgIpc) is 2.34. The van der Waals surface area contributed by atoms with Gasteiger partial charge in [-0.2, -0.15) is 0 Å². The smallest absolute Gasteiger partial charge is 0.417 e. The summed E-state index contributed by atoms with van der Waals surface area (Å²) in [5, 5.41) is 27.4. The van der Waals surface area contributed by atoms with Gasteiger partial charge in [-0.1, -0.05) is 0 Å². The maximum atomic E-state index is 11.2. The van der Waals surface area contributed by atoms with E-state index in [1.54, 1.807) is 0 Å². The van der Waals surface area contributed by atoms with Gasteiger partial charge in [0.05, 0.1) is 13.0 Å². The largest absolute Gasteiger partial charge is 0.481 e. The van der Waals surface area contributed by atoms with E-state index in [0.29, 0.717) is 0 Å². The first-order chi connectivity index (χ1) is 9.23. The topological polar surface area (TPSA) is 167 Å². The molecule has 20 heavy (non-hydrogen) atoms. The Balaban J connectivity index is 4.20. The number of carbonyl (C=O) groups excluding carboxylic acids is 2. The molecule has 0 aromatic carbocycles. The van der Waals surface area contributed by atoms with Gasteiger partial charge in [0.15, 0.2) is 0 Å². The Morgan fingerprint density at radius 1 is 1.00 bits per heavy atom. The van der Waals surface area contributed by atoms with E-state index in [-0.39, 0.29) is 6.42 Å². The van der Waals surface area contributed by atoms with Crippen LogP contribution in [0, 0.1) is 0 Å². The number of carbonyl (C=O) groups is 5. The van der Waals surface area contributed by atoms with Gasteiger partial charge in [-0.05, 0) is 0 Å². The number of esters is 1. The summed E-state index contributed by atoms with van der Waals surface area (Å²) in [6.07, 6.45) is -1.19. The number of aliphatic carboxylic acids is 3. The fourth-order valence-corrected chi connectivity index (χ4v) is 1.08. The molecule has 0 aromatic heterocycles.